The maximum atomic E-state index is 12.2. The minimum atomic E-state index is -0.899. The Bertz CT molecular complexity index is 293. The maximum absolute atomic E-state index is 12.2. The third kappa shape index (κ3) is 3.45. The van der Waals surface area contributed by atoms with Gasteiger partial charge in [-0.3, -0.25) is 9.59 Å². The first kappa shape index (κ1) is 14.0. The fourth-order valence-corrected chi connectivity index (χ4v) is 2.56. The molecular formula is C13H23NO3. The summed E-state index contributed by atoms with van der Waals surface area (Å²) in [7, 11) is 0. The topological polar surface area (TPSA) is 57.6 Å². The molecule has 0 aromatic heterocycles. The van der Waals surface area contributed by atoms with Crippen molar-refractivity contribution in [3.63, 3.8) is 0 Å². The molecule has 4 unspecified atom stereocenters. The number of carbonyl (C=O) groups excluding carboxylic acids is 1. The monoisotopic (exact) mass is 241 g/mol. The van der Waals surface area contributed by atoms with E-state index in [0.29, 0.717) is 11.8 Å². The second kappa shape index (κ2) is 5.52. The van der Waals surface area contributed by atoms with Crippen LogP contribution in [0.25, 0.3) is 0 Å². The predicted octanol–water partition coefficient (Wildman–Crippen LogP) is 1.85. The van der Waals surface area contributed by atoms with Crippen molar-refractivity contribution in [1.82, 2.24) is 4.90 Å². The van der Waals surface area contributed by atoms with Crippen molar-refractivity contribution in [2.24, 2.45) is 23.7 Å². The molecule has 0 spiro atoms. The fraction of sp³-hybridized carbons (Fsp3) is 0.846. The standard InChI is InChI=1S/C13H23NO3/c1-8-5-9(2)7-14(6-8)12(15)10(3)11(4)13(16)17/h8-11H,5-7H2,1-4H3,(H,16,17). The lowest BCUT2D eigenvalue weighted by Gasteiger charge is -2.37. The molecule has 1 aliphatic rings. The number of carbonyl (C=O) groups is 2. The second-order valence-corrected chi connectivity index (χ2v) is 5.60. The van der Waals surface area contributed by atoms with E-state index in [4.69, 9.17) is 5.11 Å². The van der Waals surface area contributed by atoms with Crippen molar-refractivity contribution in [2.45, 2.75) is 34.1 Å². The SMILES string of the molecule is CC1CC(C)CN(C(=O)C(C)C(C)C(=O)O)C1. The summed E-state index contributed by atoms with van der Waals surface area (Å²) in [5.41, 5.74) is 0. The molecule has 0 saturated carbocycles. The number of hydrogen-bond acceptors (Lipinski definition) is 2. The number of aliphatic carboxylic acids is 1. The quantitative estimate of drug-likeness (QED) is 0.820. The van der Waals surface area contributed by atoms with Gasteiger partial charge in [0.2, 0.25) is 5.91 Å². The molecule has 0 aromatic rings. The van der Waals surface area contributed by atoms with Crippen LogP contribution in [0.1, 0.15) is 34.1 Å². The van der Waals surface area contributed by atoms with Crippen LogP contribution in [-0.2, 0) is 9.59 Å². The van der Waals surface area contributed by atoms with Crippen LogP contribution in [0, 0.1) is 23.7 Å². The van der Waals surface area contributed by atoms with Crippen molar-refractivity contribution in [3.8, 4) is 0 Å². The average Bonchev–Trinajstić information content (AvgIpc) is 2.24. The van der Waals surface area contributed by atoms with Crippen LogP contribution in [0.15, 0.2) is 0 Å². The van der Waals surface area contributed by atoms with Gasteiger partial charge in [0.05, 0.1) is 5.92 Å². The fourth-order valence-electron chi connectivity index (χ4n) is 2.56. The molecule has 1 saturated heterocycles. The molecule has 1 amide bonds. The molecule has 1 aliphatic heterocycles. The van der Waals surface area contributed by atoms with Gasteiger partial charge in [-0.2, -0.15) is 0 Å². The zero-order valence-electron chi connectivity index (χ0n) is 11.1. The van der Waals surface area contributed by atoms with Crippen LogP contribution in [-0.4, -0.2) is 35.0 Å². The molecule has 1 heterocycles. The van der Waals surface area contributed by atoms with Gasteiger partial charge in [-0.15, -0.1) is 0 Å². The molecule has 4 atom stereocenters. The van der Waals surface area contributed by atoms with Gasteiger partial charge in [-0.25, -0.2) is 0 Å². The third-order valence-electron chi connectivity index (χ3n) is 3.71. The number of hydrogen-bond donors (Lipinski definition) is 1. The number of piperidine rings is 1. The molecule has 4 heteroatoms. The van der Waals surface area contributed by atoms with Gasteiger partial charge in [0.25, 0.3) is 0 Å². The summed E-state index contributed by atoms with van der Waals surface area (Å²) < 4.78 is 0. The Hall–Kier alpha value is -1.06. The summed E-state index contributed by atoms with van der Waals surface area (Å²) in [6.45, 7) is 9.12. The molecule has 1 fully saturated rings. The Kier molecular flexibility index (Phi) is 4.54. The summed E-state index contributed by atoms with van der Waals surface area (Å²) in [6.07, 6.45) is 1.15. The van der Waals surface area contributed by atoms with E-state index in [1.807, 2.05) is 4.90 Å². The first-order chi connectivity index (χ1) is 7.82. The Balaban J connectivity index is 2.65. The van der Waals surface area contributed by atoms with Gasteiger partial charge >= 0.3 is 5.97 Å². The molecular weight excluding hydrogens is 218 g/mol. The van der Waals surface area contributed by atoms with Crippen LogP contribution in [0.2, 0.25) is 0 Å². The lowest BCUT2D eigenvalue weighted by Crippen LogP contribution is -2.46. The molecule has 98 valence electrons. The number of carboxylic acid groups (broad SMARTS) is 1. The molecule has 0 radical (unpaired) electrons. The molecule has 0 aromatic carbocycles. The van der Waals surface area contributed by atoms with Gasteiger partial charge in [0.1, 0.15) is 0 Å². The van der Waals surface area contributed by atoms with Crippen LogP contribution in [0.5, 0.6) is 0 Å². The van der Waals surface area contributed by atoms with Crippen molar-refractivity contribution >= 4 is 11.9 Å². The van der Waals surface area contributed by atoms with E-state index in [-0.39, 0.29) is 5.91 Å². The molecule has 0 aliphatic carbocycles. The number of amides is 1. The van der Waals surface area contributed by atoms with Crippen molar-refractivity contribution < 1.29 is 14.7 Å². The first-order valence-electron chi connectivity index (χ1n) is 6.34. The predicted molar refractivity (Wildman–Crippen MR) is 65.5 cm³/mol. The highest BCUT2D eigenvalue weighted by Gasteiger charge is 2.32. The van der Waals surface area contributed by atoms with E-state index >= 15 is 0 Å². The van der Waals surface area contributed by atoms with Gasteiger partial charge < -0.3 is 10.0 Å². The van der Waals surface area contributed by atoms with E-state index in [9.17, 15) is 9.59 Å². The normalized spacial score (nSPS) is 28.6. The summed E-state index contributed by atoms with van der Waals surface area (Å²) in [6, 6.07) is 0. The van der Waals surface area contributed by atoms with Crippen molar-refractivity contribution in [3.05, 3.63) is 0 Å². The minimum Gasteiger partial charge on any atom is -0.481 e. The van der Waals surface area contributed by atoms with Gasteiger partial charge in [0.15, 0.2) is 0 Å². The molecule has 4 nitrogen and oxygen atoms in total. The van der Waals surface area contributed by atoms with Gasteiger partial charge in [-0.05, 0) is 18.3 Å². The van der Waals surface area contributed by atoms with Crippen molar-refractivity contribution in [1.29, 1.82) is 0 Å². The summed E-state index contributed by atoms with van der Waals surface area (Å²) in [5, 5.41) is 8.93. The summed E-state index contributed by atoms with van der Waals surface area (Å²) in [4.78, 5) is 24.9. The van der Waals surface area contributed by atoms with Crippen LogP contribution >= 0.6 is 0 Å². The summed E-state index contributed by atoms with van der Waals surface area (Å²) >= 11 is 0. The second-order valence-electron chi connectivity index (χ2n) is 5.60. The molecule has 1 rings (SSSR count). The van der Waals surface area contributed by atoms with Crippen LogP contribution in [0.3, 0.4) is 0 Å². The van der Waals surface area contributed by atoms with E-state index < -0.39 is 17.8 Å². The lowest BCUT2D eigenvalue weighted by molar-refractivity contribution is -0.150. The highest BCUT2D eigenvalue weighted by Crippen LogP contribution is 2.24. The Labute approximate surface area is 103 Å². The average molecular weight is 241 g/mol. The first-order valence-corrected chi connectivity index (χ1v) is 6.34. The molecule has 17 heavy (non-hydrogen) atoms. The largest absolute Gasteiger partial charge is 0.481 e. The lowest BCUT2D eigenvalue weighted by atomic mass is 9.89. The smallest absolute Gasteiger partial charge is 0.307 e. The Morgan fingerprint density at radius 1 is 1.12 bits per heavy atom. The van der Waals surface area contributed by atoms with E-state index in [2.05, 4.69) is 13.8 Å². The van der Waals surface area contributed by atoms with Gasteiger partial charge in [-0.1, -0.05) is 27.7 Å². The Morgan fingerprint density at radius 3 is 2.00 bits per heavy atom. The highest BCUT2D eigenvalue weighted by molar-refractivity contribution is 5.84. The molecule has 1 N–H and O–H groups in total. The number of likely N-dealkylation sites (tertiary alicyclic amines) is 1. The third-order valence-corrected chi connectivity index (χ3v) is 3.71. The highest BCUT2D eigenvalue weighted by atomic mass is 16.4. The van der Waals surface area contributed by atoms with E-state index in [1.165, 1.54) is 0 Å². The Morgan fingerprint density at radius 2 is 1.59 bits per heavy atom. The number of rotatable bonds is 3. The van der Waals surface area contributed by atoms with Crippen LogP contribution in [0.4, 0.5) is 0 Å². The zero-order valence-corrected chi connectivity index (χ0v) is 11.1. The number of carboxylic acids is 1. The summed E-state index contributed by atoms with van der Waals surface area (Å²) in [5.74, 6) is -0.952. The number of nitrogens with zero attached hydrogens (tertiary/aromatic N) is 1. The van der Waals surface area contributed by atoms with Gasteiger partial charge in [0, 0.05) is 19.0 Å². The van der Waals surface area contributed by atoms with E-state index in [0.717, 1.165) is 19.5 Å². The van der Waals surface area contributed by atoms with Crippen LogP contribution < -0.4 is 0 Å². The molecule has 0 bridgehead atoms. The maximum Gasteiger partial charge on any atom is 0.307 e. The van der Waals surface area contributed by atoms with Crippen molar-refractivity contribution in [2.75, 3.05) is 13.1 Å². The zero-order chi connectivity index (χ0) is 13.2. The minimum absolute atomic E-state index is 0.0155. The van der Waals surface area contributed by atoms with E-state index in [1.54, 1.807) is 13.8 Å².